The van der Waals surface area contributed by atoms with E-state index in [1.54, 1.807) is 0 Å². The molecule has 1 aliphatic heterocycles. The van der Waals surface area contributed by atoms with Crippen LogP contribution in [0.4, 0.5) is 5.69 Å². The van der Waals surface area contributed by atoms with Crippen LogP contribution in [0.3, 0.4) is 0 Å². The molecule has 1 saturated carbocycles. The molecule has 5 heteroatoms. The van der Waals surface area contributed by atoms with Crippen molar-refractivity contribution < 1.29 is 0 Å². The Balaban J connectivity index is 1.83. The van der Waals surface area contributed by atoms with Crippen molar-refractivity contribution in [3.8, 4) is 0 Å². The Hall–Kier alpha value is -2.04. The van der Waals surface area contributed by atoms with Crippen LogP contribution in [-0.4, -0.2) is 54.9 Å². The molecule has 3 rings (SSSR count). The van der Waals surface area contributed by atoms with Crippen molar-refractivity contribution in [2.45, 2.75) is 38.1 Å². The highest BCUT2D eigenvalue weighted by Crippen LogP contribution is 2.18. The number of guanidine groups is 2. The number of nitrogens with one attached hydrogen (secondary N) is 1. The van der Waals surface area contributed by atoms with Crippen molar-refractivity contribution >= 4 is 17.6 Å². The van der Waals surface area contributed by atoms with E-state index in [9.17, 15) is 0 Å². The van der Waals surface area contributed by atoms with Crippen LogP contribution in [-0.2, 0) is 0 Å². The van der Waals surface area contributed by atoms with Gasteiger partial charge in [0.05, 0.1) is 5.69 Å². The van der Waals surface area contributed by atoms with Gasteiger partial charge in [-0.3, -0.25) is 0 Å². The van der Waals surface area contributed by atoms with Gasteiger partial charge in [-0.2, -0.15) is 4.99 Å². The standard InChI is InChI=1S/C18H27N5/c1-22-13-14-23(2)18(22)21-17(19-15-9-5-3-6-10-15)20-16-11-7-4-8-12-16/h3,5-6,9-10,16H,4,7-8,11-14H2,1-2H3,(H,19,20). The van der Waals surface area contributed by atoms with Gasteiger partial charge in [0.2, 0.25) is 11.9 Å². The second-order valence-electron chi connectivity index (χ2n) is 6.51. The zero-order valence-electron chi connectivity index (χ0n) is 14.2. The topological polar surface area (TPSA) is 43.2 Å². The first kappa shape index (κ1) is 15.8. The highest BCUT2D eigenvalue weighted by molar-refractivity contribution is 5.96. The van der Waals surface area contributed by atoms with Gasteiger partial charge in [-0.1, -0.05) is 37.5 Å². The van der Waals surface area contributed by atoms with Crippen molar-refractivity contribution in [2.75, 3.05) is 27.2 Å². The molecule has 0 unspecified atom stereocenters. The molecule has 23 heavy (non-hydrogen) atoms. The maximum atomic E-state index is 4.83. The zero-order chi connectivity index (χ0) is 16.1. The van der Waals surface area contributed by atoms with E-state index in [1.807, 2.05) is 30.3 Å². The Morgan fingerprint density at radius 2 is 1.65 bits per heavy atom. The third-order valence-corrected chi connectivity index (χ3v) is 4.59. The lowest BCUT2D eigenvalue weighted by atomic mass is 9.96. The average molecular weight is 313 g/mol. The molecule has 0 spiro atoms. The van der Waals surface area contributed by atoms with Crippen LogP contribution in [0.2, 0.25) is 0 Å². The number of aliphatic imine (C=N–C) groups is 2. The predicted molar refractivity (Wildman–Crippen MR) is 96.2 cm³/mol. The SMILES string of the molecule is CN1CCN(C)C1=N/C(=N\c1ccccc1)NC1CCCCC1. The van der Waals surface area contributed by atoms with Gasteiger partial charge in [0.1, 0.15) is 0 Å². The Morgan fingerprint density at radius 3 is 2.30 bits per heavy atom. The van der Waals surface area contributed by atoms with Crippen LogP contribution in [0, 0.1) is 0 Å². The zero-order valence-corrected chi connectivity index (χ0v) is 14.2. The van der Waals surface area contributed by atoms with E-state index in [0.29, 0.717) is 6.04 Å². The summed E-state index contributed by atoms with van der Waals surface area (Å²) in [7, 11) is 4.17. The van der Waals surface area contributed by atoms with Crippen molar-refractivity contribution in [1.82, 2.24) is 15.1 Å². The largest absolute Gasteiger partial charge is 0.351 e. The third-order valence-electron chi connectivity index (χ3n) is 4.59. The van der Waals surface area contributed by atoms with Crippen LogP contribution in [0.15, 0.2) is 40.3 Å². The highest BCUT2D eigenvalue weighted by atomic mass is 15.4. The molecule has 1 N–H and O–H groups in total. The van der Waals surface area contributed by atoms with Crippen LogP contribution < -0.4 is 5.32 Å². The number of hydrogen-bond acceptors (Lipinski definition) is 1. The molecule has 0 bridgehead atoms. The fraction of sp³-hybridized carbons (Fsp3) is 0.556. The Kier molecular flexibility index (Phi) is 5.16. The van der Waals surface area contributed by atoms with Crippen LogP contribution in [0.1, 0.15) is 32.1 Å². The van der Waals surface area contributed by atoms with Crippen molar-refractivity contribution in [2.24, 2.45) is 9.98 Å². The lowest BCUT2D eigenvalue weighted by molar-refractivity contribution is 0.412. The summed E-state index contributed by atoms with van der Waals surface area (Å²) in [6.45, 7) is 2.02. The molecule has 0 amide bonds. The van der Waals surface area contributed by atoms with Crippen molar-refractivity contribution in [1.29, 1.82) is 0 Å². The van der Waals surface area contributed by atoms with Crippen LogP contribution in [0.25, 0.3) is 0 Å². The maximum absolute atomic E-state index is 4.83. The first-order chi connectivity index (χ1) is 11.2. The second kappa shape index (κ2) is 7.49. The lowest BCUT2D eigenvalue weighted by Gasteiger charge is -2.24. The summed E-state index contributed by atoms with van der Waals surface area (Å²) >= 11 is 0. The molecule has 5 nitrogen and oxygen atoms in total. The van der Waals surface area contributed by atoms with E-state index in [1.165, 1.54) is 32.1 Å². The molecule has 0 atom stereocenters. The van der Waals surface area contributed by atoms with E-state index in [2.05, 4.69) is 29.2 Å². The van der Waals surface area contributed by atoms with Gasteiger partial charge >= 0.3 is 0 Å². The van der Waals surface area contributed by atoms with Crippen molar-refractivity contribution in [3.63, 3.8) is 0 Å². The first-order valence-electron chi connectivity index (χ1n) is 8.63. The average Bonchev–Trinajstić information content (AvgIpc) is 2.89. The minimum Gasteiger partial charge on any atom is -0.351 e. The fourth-order valence-electron chi connectivity index (χ4n) is 3.20. The van der Waals surface area contributed by atoms with Gasteiger partial charge in [0.25, 0.3) is 0 Å². The maximum Gasteiger partial charge on any atom is 0.226 e. The molecule has 1 aliphatic carbocycles. The quantitative estimate of drug-likeness (QED) is 0.674. The van der Waals surface area contributed by atoms with Gasteiger partial charge in [-0.05, 0) is 25.0 Å². The van der Waals surface area contributed by atoms with Gasteiger partial charge in [-0.25, -0.2) is 4.99 Å². The highest BCUT2D eigenvalue weighted by Gasteiger charge is 2.21. The molecule has 2 aliphatic rings. The van der Waals surface area contributed by atoms with E-state index in [0.717, 1.165) is 30.7 Å². The monoisotopic (exact) mass is 313 g/mol. The number of nitrogens with zero attached hydrogens (tertiary/aromatic N) is 4. The number of likely N-dealkylation sites (N-methyl/N-ethyl adjacent to an activating group) is 2. The lowest BCUT2D eigenvalue weighted by Crippen LogP contribution is -2.38. The first-order valence-corrected chi connectivity index (χ1v) is 8.63. The summed E-state index contributed by atoms with van der Waals surface area (Å²) in [6.07, 6.45) is 6.37. The molecular formula is C18H27N5. The molecular weight excluding hydrogens is 286 g/mol. The summed E-state index contributed by atoms with van der Waals surface area (Å²) in [6, 6.07) is 10.6. The summed E-state index contributed by atoms with van der Waals surface area (Å²) < 4.78 is 0. The van der Waals surface area contributed by atoms with Gasteiger partial charge in [-0.15, -0.1) is 0 Å². The fourth-order valence-corrected chi connectivity index (χ4v) is 3.20. The van der Waals surface area contributed by atoms with E-state index in [4.69, 9.17) is 9.98 Å². The molecule has 2 fully saturated rings. The Labute approximate surface area is 139 Å². The molecule has 1 aromatic carbocycles. The molecule has 0 radical (unpaired) electrons. The molecule has 1 heterocycles. The van der Waals surface area contributed by atoms with Crippen LogP contribution >= 0.6 is 0 Å². The smallest absolute Gasteiger partial charge is 0.226 e. The third kappa shape index (κ3) is 4.24. The van der Waals surface area contributed by atoms with Gasteiger partial charge in [0.15, 0.2) is 0 Å². The molecule has 1 aromatic rings. The van der Waals surface area contributed by atoms with E-state index >= 15 is 0 Å². The number of para-hydroxylation sites is 1. The van der Waals surface area contributed by atoms with E-state index in [-0.39, 0.29) is 0 Å². The second-order valence-corrected chi connectivity index (χ2v) is 6.51. The number of hydrogen-bond donors (Lipinski definition) is 1. The minimum absolute atomic E-state index is 0.493. The molecule has 124 valence electrons. The summed E-state index contributed by atoms with van der Waals surface area (Å²) in [5.74, 6) is 1.72. The van der Waals surface area contributed by atoms with E-state index < -0.39 is 0 Å². The number of benzene rings is 1. The van der Waals surface area contributed by atoms with Crippen molar-refractivity contribution in [3.05, 3.63) is 30.3 Å². The minimum atomic E-state index is 0.493. The summed E-state index contributed by atoms with van der Waals surface area (Å²) in [5, 5.41) is 3.58. The van der Waals surface area contributed by atoms with Crippen LogP contribution in [0.5, 0.6) is 0 Å². The molecule has 1 saturated heterocycles. The predicted octanol–water partition coefficient (Wildman–Crippen LogP) is 2.83. The summed E-state index contributed by atoms with van der Waals surface area (Å²) in [5.41, 5.74) is 0.943. The number of rotatable bonds is 2. The van der Waals surface area contributed by atoms with Gasteiger partial charge in [0, 0.05) is 33.2 Å². The Bertz CT molecular complexity index is 548. The normalized spacial score (nSPS) is 20.1. The summed E-state index contributed by atoms with van der Waals surface area (Å²) in [4.78, 5) is 14.0. The molecule has 0 aromatic heterocycles. The Morgan fingerprint density at radius 1 is 1.00 bits per heavy atom. The van der Waals surface area contributed by atoms with Gasteiger partial charge < -0.3 is 15.1 Å².